The molecule has 0 amide bonds. The molecule has 1 heterocycles. The molecule has 14 heavy (non-hydrogen) atoms. The van der Waals surface area contributed by atoms with Gasteiger partial charge < -0.3 is 10.1 Å². The Morgan fingerprint density at radius 1 is 1.57 bits per heavy atom. The van der Waals surface area contributed by atoms with Gasteiger partial charge in [-0.1, -0.05) is 13.8 Å². The molecule has 1 aromatic rings. The number of esters is 1. The summed E-state index contributed by atoms with van der Waals surface area (Å²) in [4.78, 5) is 16.5. The largest absolute Gasteiger partial charge is 0.464 e. The third-order valence-electron chi connectivity index (χ3n) is 1.77. The number of nitrogens with one attached hydrogen (secondary N) is 1. The van der Waals surface area contributed by atoms with E-state index < -0.39 is 0 Å². The molecule has 0 aliphatic heterocycles. The fraction of sp³-hybridized carbons (Fsp3) is 0.556. The van der Waals surface area contributed by atoms with Crippen molar-refractivity contribution >= 4 is 22.4 Å². The highest BCUT2D eigenvalue weighted by atomic mass is 32.1. The molecule has 0 spiro atoms. The molecule has 1 rings (SSSR count). The predicted molar refractivity (Wildman–Crippen MR) is 57.1 cm³/mol. The maximum absolute atomic E-state index is 11.4. The van der Waals surface area contributed by atoms with Crippen LogP contribution in [0.1, 0.15) is 35.1 Å². The van der Waals surface area contributed by atoms with E-state index in [1.807, 2.05) is 13.8 Å². The molecule has 0 unspecified atom stereocenters. The predicted octanol–water partition coefficient (Wildman–Crippen LogP) is 2.09. The lowest BCUT2D eigenvalue weighted by molar-refractivity contribution is 0.0593. The highest BCUT2D eigenvalue weighted by molar-refractivity contribution is 7.16. The minimum absolute atomic E-state index is 0.281. The van der Waals surface area contributed by atoms with Crippen LogP contribution in [0.3, 0.4) is 0 Å². The van der Waals surface area contributed by atoms with Gasteiger partial charge >= 0.3 is 5.97 Å². The van der Waals surface area contributed by atoms with Crippen molar-refractivity contribution in [2.45, 2.75) is 19.8 Å². The molecule has 0 atom stereocenters. The van der Waals surface area contributed by atoms with Crippen molar-refractivity contribution < 1.29 is 9.53 Å². The molecular formula is C9H14N2O2S. The highest BCUT2D eigenvalue weighted by Crippen LogP contribution is 2.29. The van der Waals surface area contributed by atoms with E-state index in [-0.39, 0.29) is 11.9 Å². The average molecular weight is 214 g/mol. The van der Waals surface area contributed by atoms with E-state index in [1.54, 1.807) is 7.05 Å². The molecule has 1 aromatic heterocycles. The van der Waals surface area contributed by atoms with Gasteiger partial charge in [0.15, 0.2) is 10.8 Å². The minimum Gasteiger partial charge on any atom is -0.464 e. The summed E-state index contributed by atoms with van der Waals surface area (Å²) >= 11 is 1.49. The Morgan fingerprint density at radius 3 is 2.64 bits per heavy atom. The monoisotopic (exact) mass is 214 g/mol. The molecule has 0 fully saturated rings. The fourth-order valence-corrected chi connectivity index (χ4v) is 1.98. The van der Waals surface area contributed by atoms with Gasteiger partial charge in [0.25, 0.3) is 0 Å². The second-order valence-corrected chi connectivity index (χ2v) is 4.16. The van der Waals surface area contributed by atoms with E-state index in [4.69, 9.17) is 0 Å². The van der Waals surface area contributed by atoms with Crippen molar-refractivity contribution in [1.82, 2.24) is 4.98 Å². The fourth-order valence-electron chi connectivity index (χ4n) is 1.07. The van der Waals surface area contributed by atoms with Gasteiger partial charge in [-0.3, -0.25) is 0 Å². The number of rotatable bonds is 3. The van der Waals surface area contributed by atoms with Gasteiger partial charge in [0.05, 0.1) is 7.11 Å². The topological polar surface area (TPSA) is 51.2 Å². The number of nitrogens with zero attached hydrogens (tertiary/aromatic N) is 1. The first-order valence-electron chi connectivity index (χ1n) is 4.37. The van der Waals surface area contributed by atoms with Crippen LogP contribution in [0, 0.1) is 0 Å². The van der Waals surface area contributed by atoms with Gasteiger partial charge in [0.2, 0.25) is 0 Å². The number of methoxy groups -OCH3 is 1. The third-order valence-corrected chi connectivity index (χ3v) is 3.14. The Morgan fingerprint density at radius 2 is 2.21 bits per heavy atom. The van der Waals surface area contributed by atoms with Crippen LogP contribution in [-0.2, 0) is 4.74 Å². The molecule has 1 N–H and O–H groups in total. The zero-order valence-corrected chi connectivity index (χ0v) is 9.57. The van der Waals surface area contributed by atoms with E-state index in [0.717, 1.165) is 10.0 Å². The summed E-state index contributed by atoms with van der Waals surface area (Å²) in [6, 6.07) is 0. The van der Waals surface area contributed by atoms with Crippen molar-refractivity contribution in [1.29, 1.82) is 0 Å². The van der Waals surface area contributed by atoms with E-state index in [2.05, 4.69) is 15.0 Å². The summed E-state index contributed by atoms with van der Waals surface area (Å²) in [7, 11) is 3.15. The Bertz CT molecular complexity index is 334. The lowest BCUT2D eigenvalue weighted by Gasteiger charge is -2.02. The molecule has 0 saturated carbocycles. The number of hydrogen-bond acceptors (Lipinski definition) is 5. The normalized spacial score (nSPS) is 10.4. The van der Waals surface area contributed by atoms with Crippen LogP contribution in [-0.4, -0.2) is 25.1 Å². The molecule has 0 radical (unpaired) electrons. The standard InChI is InChI=1S/C9H14N2O2S/c1-5(2)7-6(8(12)13-4)11-9(10-3)14-7/h5H,1-4H3,(H,10,11). The van der Waals surface area contributed by atoms with Crippen LogP contribution < -0.4 is 5.32 Å². The van der Waals surface area contributed by atoms with Gasteiger partial charge in [0, 0.05) is 11.9 Å². The number of ether oxygens (including phenoxy) is 1. The maximum Gasteiger partial charge on any atom is 0.357 e. The van der Waals surface area contributed by atoms with Crippen molar-refractivity contribution in [3.63, 3.8) is 0 Å². The Hall–Kier alpha value is -1.10. The smallest absolute Gasteiger partial charge is 0.357 e. The minimum atomic E-state index is -0.369. The van der Waals surface area contributed by atoms with Crippen LogP contribution in [0.15, 0.2) is 0 Å². The van der Waals surface area contributed by atoms with Crippen LogP contribution in [0.25, 0.3) is 0 Å². The molecule has 4 nitrogen and oxygen atoms in total. The number of thiazole rings is 1. The van der Waals surface area contributed by atoms with Crippen LogP contribution in [0.4, 0.5) is 5.13 Å². The third kappa shape index (κ3) is 2.04. The second kappa shape index (κ2) is 4.41. The Labute approximate surface area is 87.3 Å². The van der Waals surface area contributed by atoms with Crippen LogP contribution in [0.2, 0.25) is 0 Å². The van der Waals surface area contributed by atoms with Crippen molar-refractivity contribution in [2.75, 3.05) is 19.5 Å². The van der Waals surface area contributed by atoms with E-state index in [1.165, 1.54) is 18.4 Å². The van der Waals surface area contributed by atoms with Gasteiger partial charge in [-0.15, -0.1) is 11.3 Å². The molecule has 78 valence electrons. The molecule has 0 bridgehead atoms. The summed E-state index contributed by atoms with van der Waals surface area (Å²) in [5, 5.41) is 3.67. The maximum atomic E-state index is 11.4. The summed E-state index contributed by atoms with van der Waals surface area (Å²) in [5.74, 6) is -0.0878. The molecule has 0 aliphatic carbocycles. The lowest BCUT2D eigenvalue weighted by Crippen LogP contribution is -2.05. The first kappa shape index (κ1) is 11.0. The molecule has 5 heteroatoms. The number of aromatic nitrogens is 1. The van der Waals surface area contributed by atoms with E-state index >= 15 is 0 Å². The lowest BCUT2D eigenvalue weighted by atomic mass is 10.1. The quantitative estimate of drug-likeness (QED) is 0.783. The van der Waals surface area contributed by atoms with Crippen LogP contribution in [0.5, 0.6) is 0 Å². The number of anilines is 1. The highest BCUT2D eigenvalue weighted by Gasteiger charge is 2.20. The Kier molecular flexibility index (Phi) is 3.46. The van der Waals surface area contributed by atoms with Gasteiger partial charge in [0.1, 0.15) is 0 Å². The summed E-state index contributed by atoms with van der Waals surface area (Å²) in [5.41, 5.74) is 0.428. The first-order chi connectivity index (χ1) is 6.60. The number of carbonyl (C=O) groups excluding carboxylic acids is 1. The zero-order chi connectivity index (χ0) is 10.7. The summed E-state index contributed by atoms with van der Waals surface area (Å²) < 4.78 is 4.66. The average Bonchev–Trinajstić information content (AvgIpc) is 2.60. The van der Waals surface area contributed by atoms with Crippen molar-refractivity contribution in [2.24, 2.45) is 0 Å². The van der Waals surface area contributed by atoms with Gasteiger partial charge in [-0.2, -0.15) is 0 Å². The zero-order valence-electron chi connectivity index (χ0n) is 8.75. The van der Waals surface area contributed by atoms with Gasteiger partial charge in [-0.05, 0) is 5.92 Å². The molecule has 0 aromatic carbocycles. The number of carbonyl (C=O) groups is 1. The van der Waals surface area contributed by atoms with E-state index in [9.17, 15) is 4.79 Å². The molecule has 0 saturated heterocycles. The van der Waals surface area contributed by atoms with Crippen LogP contribution >= 0.6 is 11.3 Å². The SMILES string of the molecule is CNc1nc(C(=O)OC)c(C(C)C)s1. The second-order valence-electron chi connectivity index (χ2n) is 3.13. The number of hydrogen-bond donors (Lipinski definition) is 1. The summed E-state index contributed by atoms with van der Waals surface area (Å²) in [6.07, 6.45) is 0. The Balaban J connectivity index is 3.12. The van der Waals surface area contributed by atoms with Gasteiger partial charge in [-0.25, -0.2) is 9.78 Å². The summed E-state index contributed by atoms with van der Waals surface area (Å²) in [6.45, 7) is 4.05. The molecular weight excluding hydrogens is 200 g/mol. The van der Waals surface area contributed by atoms with Crippen molar-refractivity contribution in [3.05, 3.63) is 10.6 Å². The van der Waals surface area contributed by atoms with Crippen molar-refractivity contribution in [3.8, 4) is 0 Å². The first-order valence-corrected chi connectivity index (χ1v) is 5.18. The van der Waals surface area contributed by atoms with E-state index in [0.29, 0.717) is 5.69 Å². The molecule has 0 aliphatic rings.